The first-order valence-electron chi connectivity index (χ1n) is 16.1. The quantitative estimate of drug-likeness (QED) is 0.196. The maximum Gasteiger partial charge on any atom is 0.136 e. The van der Waals surface area contributed by atoms with E-state index in [4.69, 9.17) is 4.42 Å². The van der Waals surface area contributed by atoms with Gasteiger partial charge in [-0.25, -0.2) is 0 Å². The predicted molar refractivity (Wildman–Crippen MR) is 195 cm³/mol. The summed E-state index contributed by atoms with van der Waals surface area (Å²) in [6, 6.07) is 53.5. The summed E-state index contributed by atoms with van der Waals surface area (Å²) in [5.41, 5.74) is 12.1. The zero-order valence-corrected chi connectivity index (χ0v) is 25.8. The van der Waals surface area contributed by atoms with Crippen molar-refractivity contribution in [2.75, 3.05) is 0 Å². The summed E-state index contributed by atoms with van der Waals surface area (Å²) in [5, 5.41) is 9.84. The van der Waals surface area contributed by atoms with Crippen LogP contribution in [-0.2, 0) is 5.41 Å². The van der Waals surface area contributed by atoms with Gasteiger partial charge in [0.1, 0.15) is 11.2 Å². The second-order valence-electron chi connectivity index (χ2n) is 13.3. The first-order valence-corrected chi connectivity index (χ1v) is 16.1. The minimum Gasteiger partial charge on any atom is -0.456 e. The smallest absolute Gasteiger partial charge is 0.136 e. The van der Waals surface area contributed by atoms with Gasteiger partial charge in [0.2, 0.25) is 0 Å². The van der Waals surface area contributed by atoms with Crippen LogP contribution in [0.3, 0.4) is 0 Å². The van der Waals surface area contributed by atoms with Crippen LogP contribution in [0.1, 0.15) is 25.0 Å². The first kappa shape index (κ1) is 25.6. The molecule has 1 aliphatic carbocycles. The van der Waals surface area contributed by atoms with E-state index in [0.29, 0.717) is 0 Å². The number of hydrogen-bond donors (Lipinski definition) is 0. The van der Waals surface area contributed by atoms with Gasteiger partial charge >= 0.3 is 0 Å². The molecule has 8 aromatic carbocycles. The molecule has 0 spiro atoms. The summed E-state index contributed by atoms with van der Waals surface area (Å²) < 4.78 is 6.52. The molecule has 1 aromatic heterocycles. The topological polar surface area (TPSA) is 13.1 Å². The molecule has 0 radical (unpaired) electrons. The summed E-state index contributed by atoms with van der Waals surface area (Å²) in [6.45, 7) is 4.78. The Morgan fingerprint density at radius 3 is 1.85 bits per heavy atom. The Morgan fingerprint density at radius 2 is 1.04 bits per heavy atom. The van der Waals surface area contributed by atoms with Crippen molar-refractivity contribution >= 4 is 54.3 Å². The summed E-state index contributed by atoms with van der Waals surface area (Å²) >= 11 is 0. The van der Waals surface area contributed by atoms with Gasteiger partial charge in [0, 0.05) is 16.2 Å². The van der Waals surface area contributed by atoms with E-state index >= 15 is 0 Å². The van der Waals surface area contributed by atoms with Crippen LogP contribution in [0.2, 0.25) is 0 Å². The molecule has 1 heterocycles. The van der Waals surface area contributed by atoms with E-state index < -0.39 is 0 Å². The fourth-order valence-corrected chi connectivity index (χ4v) is 8.11. The van der Waals surface area contributed by atoms with E-state index in [0.717, 1.165) is 16.6 Å². The molecule has 1 aliphatic rings. The first-order chi connectivity index (χ1) is 22.5. The number of benzene rings is 8. The number of furan rings is 1. The van der Waals surface area contributed by atoms with Crippen molar-refractivity contribution in [3.63, 3.8) is 0 Å². The molecular formula is C45H30O. The number of fused-ring (bicyclic) bond motifs is 9. The second-order valence-corrected chi connectivity index (χ2v) is 13.3. The van der Waals surface area contributed by atoms with Crippen LogP contribution in [0, 0.1) is 0 Å². The molecule has 0 bridgehead atoms. The van der Waals surface area contributed by atoms with Crippen LogP contribution in [0.4, 0.5) is 0 Å². The van der Waals surface area contributed by atoms with Gasteiger partial charge in [-0.1, -0.05) is 117 Å². The largest absolute Gasteiger partial charge is 0.456 e. The highest BCUT2D eigenvalue weighted by Gasteiger charge is 2.38. The molecule has 9 aromatic rings. The molecule has 0 N–H and O–H groups in total. The summed E-state index contributed by atoms with van der Waals surface area (Å²) in [5.74, 6) is 0. The van der Waals surface area contributed by atoms with Gasteiger partial charge < -0.3 is 4.42 Å². The average Bonchev–Trinajstić information content (AvgIpc) is 3.56. The molecule has 0 saturated carbocycles. The zero-order valence-electron chi connectivity index (χ0n) is 25.8. The van der Waals surface area contributed by atoms with Crippen molar-refractivity contribution in [2.24, 2.45) is 0 Å². The lowest BCUT2D eigenvalue weighted by atomic mass is 9.79. The minimum absolute atomic E-state index is 0.174. The lowest BCUT2D eigenvalue weighted by molar-refractivity contribution is 0.661. The van der Waals surface area contributed by atoms with E-state index in [1.54, 1.807) is 0 Å². The molecule has 0 atom stereocenters. The van der Waals surface area contributed by atoms with Gasteiger partial charge in [-0.05, 0) is 119 Å². The third-order valence-electron chi connectivity index (χ3n) is 10.4. The number of hydrogen-bond acceptors (Lipinski definition) is 1. The van der Waals surface area contributed by atoms with Crippen LogP contribution in [0.15, 0.2) is 150 Å². The maximum absolute atomic E-state index is 6.52. The Labute approximate surface area is 267 Å². The fourth-order valence-electron chi connectivity index (χ4n) is 8.11. The third kappa shape index (κ3) is 3.51. The average molecular weight is 587 g/mol. The second kappa shape index (κ2) is 9.19. The van der Waals surface area contributed by atoms with Crippen LogP contribution in [-0.4, -0.2) is 0 Å². The minimum atomic E-state index is -0.174. The fraction of sp³-hybridized carbons (Fsp3) is 0.0667. The van der Waals surface area contributed by atoms with Crippen LogP contribution < -0.4 is 0 Å². The van der Waals surface area contributed by atoms with E-state index in [1.165, 1.54) is 82.2 Å². The van der Waals surface area contributed by atoms with E-state index in [1.807, 2.05) is 0 Å². The Balaban J connectivity index is 1.33. The van der Waals surface area contributed by atoms with Crippen LogP contribution >= 0.6 is 0 Å². The normalized spacial score (nSPS) is 13.6. The molecule has 1 nitrogen and oxygen atoms in total. The summed E-state index contributed by atoms with van der Waals surface area (Å²) in [4.78, 5) is 0. The van der Waals surface area contributed by atoms with Crippen molar-refractivity contribution in [2.45, 2.75) is 19.3 Å². The van der Waals surface area contributed by atoms with E-state index in [9.17, 15) is 0 Å². The standard InChI is InChI=1S/C45H30O/c1-45(2)39-24-30-14-5-3-12-28(30)21-37(39)43-36(35-19-9-16-27-11-7-8-17-33(27)35)23-32(25-40(43)45)34-18-10-20-41-44(34)38-22-29-13-4-6-15-31(29)26-42(38)46-41/h3-26H,1-2H3. The van der Waals surface area contributed by atoms with Crippen molar-refractivity contribution in [1.82, 2.24) is 0 Å². The van der Waals surface area contributed by atoms with Crippen molar-refractivity contribution in [3.8, 4) is 33.4 Å². The van der Waals surface area contributed by atoms with Crippen molar-refractivity contribution in [3.05, 3.63) is 157 Å². The molecule has 0 fully saturated rings. The molecule has 0 aliphatic heterocycles. The number of rotatable bonds is 2. The van der Waals surface area contributed by atoms with Gasteiger partial charge in [-0.3, -0.25) is 0 Å². The van der Waals surface area contributed by atoms with Gasteiger partial charge in [0.05, 0.1) is 0 Å². The molecule has 1 heteroatoms. The van der Waals surface area contributed by atoms with Gasteiger partial charge in [-0.2, -0.15) is 0 Å². The lowest BCUT2D eigenvalue weighted by Gasteiger charge is -2.23. The molecule has 0 amide bonds. The molecule has 0 saturated heterocycles. The van der Waals surface area contributed by atoms with Crippen LogP contribution in [0.5, 0.6) is 0 Å². The molecule has 216 valence electrons. The molecule has 0 unspecified atom stereocenters. The van der Waals surface area contributed by atoms with Gasteiger partial charge in [0.25, 0.3) is 0 Å². The summed E-state index contributed by atoms with van der Waals surface area (Å²) in [7, 11) is 0. The van der Waals surface area contributed by atoms with Crippen LogP contribution in [0.25, 0.3) is 87.6 Å². The lowest BCUT2D eigenvalue weighted by Crippen LogP contribution is -2.15. The van der Waals surface area contributed by atoms with Gasteiger partial charge in [0.15, 0.2) is 0 Å². The van der Waals surface area contributed by atoms with Crippen molar-refractivity contribution in [1.29, 1.82) is 0 Å². The highest BCUT2D eigenvalue weighted by molar-refractivity contribution is 6.16. The maximum atomic E-state index is 6.52. The molecular weight excluding hydrogens is 556 g/mol. The SMILES string of the molecule is CC1(C)c2cc3ccccc3cc2-c2c(-c3cccc4ccccc34)cc(-c3cccc4oc5cc6ccccc6cc5c34)cc21. The van der Waals surface area contributed by atoms with Crippen molar-refractivity contribution < 1.29 is 4.42 Å². The Bertz CT molecular complexity index is 2720. The zero-order chi connectivity index (χ0) is 30.6. The predicted octanol–water partition coefficient (Wildman–Crippen LogP) is 12.7. The van der Waals surface area contributed by atoms with E-state index in [2.05, 4.69) is 159 Å². The Kier molecular flexibility index (Phi) is 5.12. The third-order valence-corrected chi connectivity index (χ3v) is 10.4. The monoisotopic (exact) mass is 586 g/mol. The highest BCUT2D eigenvalue weighted by Crippen LogP contribution is 2.55. The Morgan fingerprint density at radius 1 is 0.413 bits per heavy atom. The Hall–Kier alpha value is -5.66. The van der Waals surface area contributed by atoms with Gasteiger partial charge in [-0.15, -0.1) is 0 Å². The molecule has 10 rings (SSSR count). The summed E-state index contributed by atoms with van der Waals surface area (Å²) in [6.07, 6.45) is 0. The highest BCUT2D eigenvalue weighted by atomic mass is 16.3. The molecule has 46 heavy (non-hydrogen) atoms. The van der Waals surface area contributed by atoms with E-state index in [-0.39, 0.29) is 5.41 Å².